The monoisotopic (exact) mass is 561 g/mol. The van der Waals surface area contributed by atoms with Crippen LogP contribution in [0.3, 0.4) is 0 Å². The van der Waals surface area contributed by atoms with Crippen LogP contribution in [0.5, 0.6) is 0 Å². The topological polar surface area (TPSA) is 60.6 Å². The van der Waals surface area contributed by atoms with E-state index in [1.165, 1.54) is 43.3 Å². The summed E-state index contributed by atoms with van der Waals surface area (Å²) in [6.07, 6.45) is 11.8. The summed E-state index contributed by atoms with van der Waals surface area (Å²) in [7, 11) is -1.82. The summed E-state index contributed by atoms with van der Waals surface area (Å²) in [5, 5.41) is 2.51. The molecule has 3 aromatic rings. The molecule has 0 saturated carbocycles. The normalized spacial score (nSPS) is 19.2. The van der Waals surface area contributed by atoms with Crippen LogP contribution >= 0.6 is 11.3 Å². The molecule has 0 atom stereocenters. The second kappa shape index (κ2) is 10.2. The molecule has 0 spiro atoms. The molecule has 5 nitrogen and oxygen atoms in total. The quantitative estimate of drug-likeness (QED) is 0.135. The predicted octanol–water partition coefficient (Wildman–Crippen LogP) is 7.37. The predicted molar refractivity (Wildman–Crippen MR) is 165 cm³/mol. The lowest BCUT2D eigenvalue weighted by molar-refractivity contribution is -0.434. The highest BCUT2D eigenvalue weighted by molar-refractivity contribution is 7.85. The second-order valence-electron chi connectivity index (χ2n) is 11.4. The average Bonchev–Trinajstić information content (AvgIpc) is 3.42. The van der Waals surface area contributed by atoms with E-state index < -0.39 is 10.1 Å². The van der Waals surface area contributed by atoms with Crippen LogP contribution in [0.25, 0.3) is 10.1 Å². The number of rotatable bonds is 8. The van der Waals surface area contributed by atoms with Crippen molar-refractivity contribution in [3.8, 4) is 0 Å². The lowest BCUT2D eigenvalue weighted by Gasteiger charge is -2.23. The largest absolute Gasteiger partial charge is 0.347 e. The zero-order valence-electron chi connectivity index (χ0n) is 23.3. The number of hydrogen-bond donors (Lipinski definition) is 1. The van der Waals surface area contributed by atoms with Gasteiger partial charge in [-0.1, -0.05) is 79.8 Å². The van der Waals surface area contributed by atoms with Crippen molar-refractivity contribution in [2.45, 2.75) is 51.4 Å². The van der Waals surface area contributed by atoms with Crippen molar-refractivity contribution in [2.75, 3.05) is 24.2 Å². The van der Waals surface area contributed by atoms with E-state index in [1.807, 2.05) is 0 Å². The maximum absolute atomic E-state index is 11.2. The molecule has 2 aliphatic rings. The molecule has 0 aliphatic carbocycles. The van der Waals surface area contributed by atoms with Crippen molar-refractivity contribution in [3.63, 3.8) is 0 Å². The number of fused-ring (bicyclic) bond motifs is 4. The van der Waals surface area contributed by atoms with E-state index in [4.69, 9.17) is 0 Å². The molecule has 2 aromatic carbocycles. The third-order valence-electron chi connectivity index (χ3n) is 8.08. The van der Waals surface area contributed by atoms with Gasteiger partial charge in [-0.15, -0.1) is 0 Å². The van der Waals surface area contributed by atoms with E-state index in [0.29, 0.717) is 19.4 Å². The van der Waals surface area contributed by atoms with Gasteiger partial charge in [0.15, 0.2) is 5.71 Å². The Morgan fingerprint density at radius 2 is 1.67 bits per heavy atom. The Balaban J connectivity index is 1.44. The van der Waals surface area contributed by atoms with E-state index in [9.17, 15) is 13.0 Å². The first-order valence-corrected chi connectivity index (χ1v) is 15.9. The molecular weight excluding hydrogens is 524 g/mol. The fourth-order valence-corrected chi connectivity index (χ4v) is 8.11. The van der Waals surface area contributed by atoms with Crippen LogP contribution in [-0.4, -0.2) is 42.6 Å². The molecule has 1 aromatic heterocycles. The summed E-state index contributed by atoms with van der Waals surface area (Å²) in [6, 6.07) is 17.1. The highest BCUT2D eigenvalue weighted by Gasteiger charge is 2.47. The van der Waals surface area contributed by atoms with E-state index in [1.54, 1.807) is 11.3 Å². The first-order valence-electron chi connectivity index (χ1n) is 13.4. The Hall–Kier alpha value is -3.00. The van der Waals surface area contributed by atoms with Crippen molar-refractivity contribution < 1.29 is 17.5 Å². The number of anilines is 1. The Labute approximate surface area is 236 Å². The minimum Gasteiger partial charge on any atom is -0.347 e. The number of nitrogens with zero attached hydrogens (tertiary/aromatic N) is 2. The molecule has 3 heterocycles. The van der Waals surface area contributed by atoms with Crippen LogP contribution in [0, 0.1) is 0 Å². The standard InChI is InChI=1S/C32H36N2O3S2/c1-31(2)24-16-10-11-17-25(24)33(5)27(31)19-7-6-8-20-28-32(3,4)29-23-15-9-12-18-26(23)38-30(29)34(28)21-13-14-22-39(35,36)37/h6-12,15-20H,13-14,21-22H2,1-5H3/p+1. The fraction of sp³-hybridized carbons (Fsp3) is 0.344. The summed E-state index contributed by atoms with van der Waals surface area (Å²) in [4.78, 5) is 2.27. The van der Waals surface area contributed by atoms with E-state index in [0.717, 1.165) is 0 Å². The first kappa shape index (κ1) is 27.6. The first-order chi connectivity index (χ1) is 18.4. The van der Waals surface area contributed by atoms with Crippen LogP contribution in [0.2, 0.25) is 0 Å². The number of allylic oxidation sites excluding steroid dienone is 6. The molecule has 0 amide bonds. The molecule has 0 fully saturated rings. The molecule has 0 unspecified atom stereocenters. The maximum Gasteiger partial charge on any atom is 0.267 e. The number of benzene rings is 2. The molecule has 5 rings (SSSR count). The molecule has 0 saturated heterocycles. The van der Waals surface area contributed by atoms with Crippen molar-refractivity contribution >= 4 is 47.9 Å². The van der Waals surface area contributed by atoms with Gasteiger partial charge in [-0.3, -0.25) is 4.55 Å². The highest BCUT2D eigenvalue weighted by atomic mass is 32.2. The summed E-state index contributed by atoms with van der Waals surface area (Å²) in [5.41, 5.74) is 6.13. The minimum absolute atomic E-state index is 0.0597. The third-order valence-corrected chi connectivity index (χ3v) is 10.1. The molecular formula is C32H37N2O3S2+. The number of thiophene rings is 1. The summed E-state index contributed by atoms with van der Waals surface area (Å²) in [6.45, 7) is 9.77. The van der Waals surface area contributed by atoms with E-state index in [2.05, 4.69) is 123 Å². The lowest BCUT2D eigenvalue weighted by Crippen LogP contribution is -2.28. The van der Waals surface area contributed by atoms with Gasteiger partial charge in [-0.05, 0) is 44.0 Å². The average molecular weight is 562 g/mol. The smallest absolute Gasteiger partial charge is 0.267 e. The second-order valence-corrected chi connectivity index (χ2v) is 14.0. The zero-order valence-corrected chi connectivity index (χ0v) is 24.9. The van der Waals surface area contributed by atoms with Crippen LogP contribution in [0.15, 0.2) is 84.6 Å². The van der Waals surface area contributed by atoms with Crippen molar-refractivity contribution in [3.05, 3.63) is 95.7 Å². The van der Waals surface area contributed by atoms with Crippen molar-refractivity contribution in [1.82, 2.24) is 0 Å². The number of likely N-dealkylation sites (N-methyl/N-ethyl adjacent to an activating group) is 1. The summed E-state index contributed by atoms with van der Waals surface area (Å²) in [5.74, 6) is -0.208. The van der Waals surface area contributed by atoms with Crippen LogP contribution in [-0.2, 0) is 20.9 Å². The van der Waals surface area contributed by atoms with Crippen LogP contribution < -0.4 is 4.90 Å². The van der Waals surface area contributed by atoms with Gasteiger partial charge in [-0.2, -0.15) is 13.0 Å². The van der Waals surface area contributed by atoms with Gasteiger partial charge in [0, 0.05) is 46.4 Å². The highest BCUT2D eigenvalue weighted by Crippen LogP contribution is 2.50. The zero-order chi connectivity index (χ0) is 28.0. The van der Waals surface area contributed by atoms with Crippen LogP contribution in [0.4, 0.5) is 10.7 Å². The van der Waals surface area contributed by atoms with E-state index in [-0.39, 0.29) is 16.6 Å². The molecule has 204 valence electrons. The summed E-state index contributed by atoms with van der Waals surface area (Å²) >= 11 is 1.79. The Kier molecular flexibility index (Phi) is 7.20. The van der Waals surface area contributed by atoms with Gasteiger partial charge < -0.3 is 4.90 Å². The van der Waals surface area contributed by atoms with Gasteiger partial charge >= 0.3 is 0 Å². The van der Waals surface area contributed by atoms with Gasteiger partial charge in [0.25, 0.3) is 15.1 Å². The molecule has 0 radical (unpaired) electrons. The summed E-state index contributed by atoms with van der Waals surface area (Å²) < 4.78 is 35.3. The molecule has 39 heavy (non-hydrogen) atoms. The fourth-order valence-electron chi connectivity index (χ4n) is 6.14. The van der Waals surface area contributed by atoms with Crippen molar-refractivity contribution in [1.29, 1.82) is 0 Å². The van der Waals surface area contributed by atoms with Gasteiger partial charge in [0.1, 0.15) is 6.54 Å². The van der Waals surface area contributed by atoms with Crippen LogP contribution in [0.1, 0.15) is 51.7 Å². The van der Waals surface area contributed by atoms with Gasteiger partial charge in [0.2, 0.25) is 0 Å². The molecule has 0 bridgehead atoms. The SMILES string of the molecule is CN1\C(=C/C=C/C=C/C2=[N+](CCCCS(=O)(=O)O)c3sc4ccccc4c3C2(C)C)C(C)(C)c2ccccc21. The van der Waals surface area contributed by atoms with Crippen molar-refractivity contribution in [2.24, 2.45) is 0 Å². The maximum atomic E-state index is 11.2. The minimum atomic E-state index is -3.95. The van der Waals surface area contributed by atoms with Gasteiger partial charge in [0.05, 0.1) is 16.7 Å². The third kappa shape index (κ3) is 5.04. The molecule has 7 heteroatoms. The number of unbranched alkanes of at least 4 members (excludes halogenated alkanes) is 1. The van der Waals surface area contributed by atoms with E-state index >= 15 is 0 Å². The number of para-hydroxylation sites is 1. The Bertz CT molecular complexity index is 1650. The lowest BCUT2D eigenvalue weighted by atomic mass is 9.81. The Morgan fingerprint density at radius 3 is 2.41 bits per heavy atom. The molecule has 1 N–H and O–H groups in total. The Morgan fingerprint density at radius 1 is 0.949 bits per heavy atom. The van der Waals surface area contributed by atoms with Gasteiger partial charge in [-0.25, -0.2) is 0 Å². The molecule has 2 aliphatic heterocycles. The number of hydrogen-bond acceptors (Lipinski definition) is 4.